The number of halogens is 1. The molecule has 17 heavy (non-hydrogen) atoms. The summed E-state index contributed by atoms with van der Waals surface area (Å²) in [6.07, 6.45) is 3.18. The molecule has 0 heterocycles. The molecule has 0 radical (unpaired) electrons. The van der Waals surface area contributed by atoms with E-state index in [0.29, 0.717) is 0 Å². The average Bonchev–Trinajstić information content (AvgIpc) is 3.08. The van der Waals surface area contributed by atoms with Crippen molar-refractivity contribution in [3.05, 3.63) is 28.3 Å². The van der Waals surface area contributed by atoms with Crippen molar-refractivity contribution in [3.8, 4) is 5.75 Å². The molecule has 0 spiro atoms. The summed E-state index contributed by atoms with van der Waals surface area (Å²) >= 11 is 6.20. The predicted molar refractivity (Wildman–Crippen MR) is 71.9 cm³/mol. The van der Waals surface area contributed by atoms with Gasteiger partial charge in [0.25, 0.3) is 0 Å². The summed E-state index contributed by atoms with van der Waals surface area (Å²) < 4.78 is 5.58. The third-order valence-electron chi connectivity index (χ3n) is 3.91. The van der Waals surface area contributed by atoms with E-state index in [2.05, 4.69) is 13.8 Å². The molecule has 0 amide bonds. The maximum Gasteiger partial charge on any atom is 0.125 e. The minimum atomic E-state index is 0.0835. The highest BCUT2D eigenvalue weighted by Gasteiger charge is 2.49. The molecule has 2 rings (SSSR count). The molecule has 1 atom stereocenters. The van der Waals surface area contributed by atoms with Gasteiger partial charge in [0.15, 0.2) is 0 Å². The third kappa shape index (κ3) is 2.04. The fourth-order valence-electron chi connectivity index (χ4n) is 2.63. The number of benzene rings is 1. The molecule has 0 bridgehead atoms. The zero-order valence-corrected chi connectivity index (χ0v) is 11.5. The van der Waals surface area contributed by atoms with E-state index in [1.165, 1.54) is 11.1 Å². The van der Waals surface area contributed by atoms with Gasteiger partial charge in [-0.1, -0.05) is 18.5 Å². The van der Waals surface area contributed by atoms with Crippen LogP contribution in [0.25, 0.3) is 0 Å². The molecule has 0 saturated heterocycles. The topological polar surface area (TPSA) is 35.2 Å². The fourth-order valence-corrected chi connectivity index (χ4v) is 2.87. The first kappa shape index (κ1) is 12.7. The molecule has 1 aliphatic rings. The van der Waals surface area contributed by atoms with E-state index in [0.717, 1.165) is 30.0 Å². The highest BCUT2D eigenvalue weighted by atomic mass is 35.5. The van der Waals surface area contributed by atoms with Gasteiger partial charge in [-0.25, -0.2) is 0 Å². The standard InChI is InChI=1S/C14H20ClNO/c1-4-10-7-11(15)8-12(13(10)17-3)14(5-6-14)9(2)16/h7-9H,4-6,16H2,1-3H3. The van der Waals surface area contributed by atoms with Crippen LogP contribution in [0, 0.1) is 0 Å². The number of aryl methyl sites for hydroxylation is 1. The summed E-state index contributed by atoms with van der Waals surface area (Å²) in [5.74, 6) is 0.978. The van der Waals surface area contributed by atoms with Crippen molar-refractivity contribution < 1.29 is 4.74 Å². The molecule has 1 aromatic carbocycles. The lowest BCUT2D eigenvalue weighted by atomic mass is 9.87. The van der Waals surface area contributed by atoms with E-state index < -0.39 is 0 Å². The maximum absolute atomic E-state index is 6.20. The van der Waals surface area contributed by atoms with Gasteiger partial charge in [0.1, 0.15) is 5.75 Å². The van der Waals surface area contributed by atoms with Crippen LogP contribution in [0.4, 0.5) is 0 Å². The second-order valence-electron chi connectivity index (χ2n) is 4.94. The van der Waals surface area contributed by atoms with E-state index in [1.807, 2.05) is 12.1 Å². The second-order valence-corrected chi connectivity index (χ2v) is 5.38. The molecule has 3 heteroatoms. The average molecular weight is 254 g/mol. The summed E-state index contributed by atoms with van der Waals surface area (Å²) in [5.41, 5.74) is 8.58. The molecule has 1 saturated carbocycles. The first-order valence-electron chi connectivity index (χ1n) is 6.17. The number of hydrogen-bond donors (Lipinski definition) is 1. The molecule has 1 fully saturated rings. The van der Waals surface area contributed by atoms with Crippen LogP contribution in [0.2, 0.25) is 5.02 Å². The van der Waals surface area contributed by atoms with Crippen LogP contribution in [-0.4, -0.2) is 13.2 Å². The van der Waals surface area contributed by atoms with Gasteiger partial charge in [0.05, 0.1) is 7.11 Å². The van der Waals surface area contributed by atoms with Crippen molar-refractivity contribution in [2.75, 3.05) is 7.11 Å². The molecule has 94 valence electrons. The van der Waals surface area contributed by atoms with Crippen LogP contribution >= 0.6 is 11.6 Å². The lowest BCUT2D eigenvalue weighted by Crippen LogP contribution is -2.32. The van der Waals surface area contributed by atoms with Crippen molar-refractivity contribution in [1.82, 2.24) is 0 Å². The number of rotatable bonds is 4. The van der Waals surface area contributed by atoms with Gasteiger partial charge in [-0.3, -0.25) is 0 Å². The molecule has 1 aromatic rings. The monoisotopic (exact) mass is 253 g/mol. The van der Waals surface area contributed by atoms with Crippen LogP contribution in [0.5, 0.6) is 5.75 Å². The first-order valence-corrected chi connectivity index (χ1v) is 6.55. The van der Waals surface area contributed by atoms with E-state index in [-0.39, 0.29) is 11.5 Å². The molecule has 1 unspecified atom stereocenters. The highest BCUT2D eigenvalue weighted by molar-refractivity contribution is 6.30. The van der Waals surface area contributed by atoms with E-state index >= 15 is 0 Å². The Balaban J connectivity index is 2.56. The van der Waals surface area contributed by atoms with Crippen molar-refractivity contribution in [1.29, 1.82) is 0 Å². The second kappa shape index (κ2) is 4.51. The minimum Gasteiger partial charge on any atom is -0.496 e. The van der Waals surface area contributed by atoms with Gasteiger partial charge in [-0.2, -0.15) is 0 Å². The Hall–Kier alpha value is -0.730. The molecular weight excluding hydrogens is 234 g/mol. The number of hydrogen-bond acceptors (Lipinski definition) is 2. The summed E-state index contributed by atoms with van der Waals surface area (Å²) in [6.45, 7) is 4.18. The molecule has 0 aliphatic heterocycles. The number of ether oxygens (including phenoxy) is 1. The van der Waals surface area contributed by atoms with Gasteiger partial charge in [0, 0.05) is 22.0 Å². The Kier molecular flexibility index (Phi) is 3.37. The summed E-state index contributed by atoms with van der Waals surface area (Å²) in [5, 5.41) is 0.782. The molecule has 1 aliphatic carbocycles. The summed E-state index contributed by atoms with van der Waals surface area (Å²) in [4.78, 5) is 0. The number of nitrogens with two attached hydrogens (primary N) is 1. The van der Waals surface area contributed by atoms with Crippen molar-refractivity contribution in [2.24, 2.45) is 5.73 Å². The molecule has 2 nitrogen and oxygen atoms in total. The number of methoxy groups -OCH3 is 1. The first-order chi connectivity index (χ1) is 8.05. The van der Waals surface area contributed by atoms with Gasteiger partial charge < -0.3 is 10.5 Å². The normalized spacial score (nSPS) is 18.9. The Labute approximate surface area is 108 Å². The van der Waals surface area contributed by atoms with Gasteiger partial charge >= 0.3 is 0 Å². The Morgan fingerprint density at radius 2 is 2.12 bits per heavy atom. The maximum atomic E-state index is 6.20. The highest BCUT2D eigenvalue weighted by Crippen LogP contribution is 2.54. The fraction of sp³-hybridized carbons (Fsp3) is 0.571. The van der Waals surface area contributed by atoms with Crippen LogP contribution in [0.15, 0.2) is 12.1 Å². The smallest absolute Gasteiger partial charge is 0.125 e. The minimum absolute atomic E-state index is 0.0835. The van der Waals surface area contributed by atoms with Gasteiger partial charge in [-0.05, 0) is 43.9 Å². The predicted octanol–water partition coefficient (Wildman–Crippen LogP) is 3.29. The van der Waals surface area contributed by atoms with E-state index in [9.17, 15) is 0 Å². The quantitative estimate of drug-likeness (QED) is 0.894. The Morgan fingerprint density at radius 3 is 2.53 bits per heavy atom. The van der Waals surface area contributed by atoms with Gasteiger partial charge in [-0.15, -0.1) is 0 Å². The summed E-state index contributed by atoms with van der Waals surface area (Å²) in [7, 11) is 1.73. The third-order valence-corrected chi connectivity index (χ3v) is 4.13. The molecular formula is C14H20ClNO. The van der Waals surface area contributed by atoms with Crippen LogP contribution in [0.1, 0.15) is 37.8 Å². The van der Waals surface area contributed by atoms with Crippen LogP contribution in [0.3, 0.4) is 0 Å². The summed E-state index contributed by atoms with van der Waals surface area (Å²) in [6, 6.07) is 4.15. The zero-order chi connectivity index (χ0) is 12.6. The lowest BCUT2D eigenvalue weighted by Gasteiger charge is -2.24. The van der Waals surface area contributed by atoms with Crippen LogP contribution in [-0.2, 0) is 11.8 Å². The van der Waals surface area contributed by atoms with E-state index in [4.69, 9.17) is 22.1 Å². The Bertz CT molecular complexity index is 424. The van der Waals surface area contributed by atoms with E-state index in [1.54, 1.807) is 7.11 Å². The molecule has 2 N–H and O–H groups in total. The van der Waals surface area contributed by atoms with Crippen LogP contribution < -0.4 is 10.5 Å². The SMILES string of the molecule is CCc1cc(Cl)cc(C2(C(C)N)CC2)c1OC. The lowest BCUT2D eigenvalue weighted by molar-refractivity contribution is 0.394. The van der Waals surface area contributed by atoms with Gasteiger partial charge in [0.2, 0.25) is 0 Å². The van der Waals surface area contributed by atoms with Crippen molar-refractivity contribution in [3.63, 3.8) is 0 Å². The largest absolute Gasteiger partial charge is 0.496 e. The Morgan fingerprint density at radius 1 is 1.47 bits per heavy atom. The van der Waals surface area contributed by atoms with Crippen molar-refractivity contribution in [2.45, 2.75) is 44.6 Å². The van der Waals surface area contributed by atoms with Crippen molar-refractivity contribution >= 4 is 11.6 Å². The zero-order valence-electron chi connectivity index (χ0n) is 10.7. The molecule has 0 aromatic heterocycles.